The zero-order valence-electron chi connectivity index (χ0n) is 8.41. The number of hydrogen-bond acceptors (Lipinski definition) is 6. The van der Waals surface area contributed by atoms with Gasteiger partial charge >= 0.3 is 5.97 Å². The number of carbonyl (C=O) groups is 1. The lowest BCUT2D eigenvalue weighted by atomic mass is 10.2. The number of rotatable bonds is 5. The molecule has 8 nitrogen and oxygen atoms in total. The van der Waals surface area contributed by atoms with E-state index in [-0.39, 0.29) is 16.9 Å². The van der Waals surface area contributed by atoms with Crippen LogP contribution in [0.25, 0.3) is 0 Å². The quantitative estimate of drug-likeness (QED) is 0.575. The Kier molecular flexibility index (Phi) is 3.96. The highest BCUT2D eigenvalue weighted by Gasteiger charge is 2.10. The Labute approximate surface area is 95.1 Å². The molecule has 0 saturated heterocycles. The van der Waals surface area contributed by atoms with Gasteiger partial charge in [-0.1, -0.05) is 0 Å². The van der Waals surface area contributed by atoms with Crippen molar-refractivity contribution in [1.82, 2.24) is 0 Å². The third-order valence-corrected chi connectivity index (χ3v) is 1.71. The number of nitriles is 1. The van der Waals surface area contributed by atoms with E-state index in [1.54, 1.807) is 6.07 Å². The molecule has 0 amide bonds. The number of hydrogen-bond donors (Lipinski definition) is 2. The molecule has 0 fully saturated rings. The van der Waals surface area contributed by atoms with Crippen molar-refractivity contribution in [2.75, 3.05) is 12.1 Å². The number of nitro groups is 1. The maximum absolute atomic E-state index is 10.5. The number of nitrogens with zero attached hydrogens (tertiary/aromatic N) is 2. The highest BCUT2D eigenvalue weighted by Crippen LogP contribution is 2.21. The van der Waals surface area contributed by atoms with Crippen LogP contribution >= 0.6 is 0 Å². The molecule has 0 aliphatic heterocycles. The van der Waals surface area contributed by atoms with Crippen LogP contribution in [0.5, 0.6) is 0 Å². The fourth-order valence-electron chi connectivity index (χ4n) is 1.00. The van der Waals surface area contributed by atoms with Crippen LogP contribution in [0.4, 0.5) is 11.4 Å². The van der Waals surface area contributed by atoms with E-state index in [0.717, 1.165) is 6.07 Å². The van der Waals surface area contributed by atoms with Gasteiger partial charge in [-0.15, -0.1) is 0 Å². The summed E-state index contributed by atoms with van der Waals surface area (Å²) in [6.45, 7) is -0.595. The lowest BCUT2D eigenvalue weighted by Gasteiger charge is -2.06. The molecule has 0 radical (unpaired) electrons. The topological polar surface area (TPSA) is 125 Å². The molecule has 0 spiro atoms. The van der Waals surface area contributed by atoms with Gasteiger partial charge in [0.05, 0.1) is 16.2 Å². The van der Waals surface area contributed by atoms with E-state index in [1.165, 1.54) is 12.1 Å². The molecular weight excluding hydrogens is 230 g/mol. The van der Waals surface area contributed by atoms with Gasteiger partial charge in [0.15, 0.2) is 6.61 Å². The van der Waals surface area contributed by atoms with Gasteiger partial charge in [-0.3, -0.25) is 20.4 Å². The molecular formula is C9H7N3O5. The summed E-state index contributed by atoms with van der Waals surface area (Å²) in [6.07, 6.45) is 0. The summed E-state index contributed by atoms with van der Waals surface area (Å²) in [7, 11) is 0. The van der Waals surface area contributed by atoms with Crippen molar-refractivity contribution in [3.8, 4) is 6.07 Å². The SMILES string of the molecule is N#Cc1cc([N+](=O)[O-])ccc1NOCC(=O)O. The highest BCUT2D eigenvalue weighted by atomic mass is 16.7. The number of nitro benzene ring substituents is 1. The Balaban J connectivity index is 2.83. The van der Waals surface area contributed by atoms with E-state index >= 15 is 0 Å². The summed E-state index contributed by atoms with van der Waals surface area (Å²) >= 11 is 0. The third-order valence-electron chi connectivity index (χ3n) is 1.71. The number of carboxylic acids is 1. The lowest BCUT2D eigenvalue weighted by molar-refractivity contribution is -0.384. The second-order valence-corrected chi connectivity index (χ2v) is 2.88. The molecule has 0 aliphatic rings. The second-order valence-electron chi connectivity index (χ2n) is 2.88. The predicted octanol–water partition coefficient (Wildman–Crippen LogP) is 0.895. The van der Waals surface area contributed by atoms with Gasteiger partial charge in [-0.2, -0.15) is 5.26 Å². The first kappa shape index (κ1) is 12.4. The molecule has 0 unspecified atom stereocenters. The van der Waals surface area contributed by atoms with Gasteiger partial charge in [0.2, 0.25) is 0 Å². The Morgan fingerprint density at radius 2 is 2.35 bits per heavy atom. The smallest absolute Gasteiger partial charge is 0.332 e. The van der Waals surface area contributed by atoms with Crippen molar-refractivity contribution >= 4 is 17.3 Å². The van der Waals surface area contributed by atoms with Crippen LogP contribution in [0, 0.1) is 21.4 Å². The first-order chi connectivity index (χ1) is 8.04. The molecule has 0 atom stereocenters. The van der Waals surface area contributed by atoms with E-state index in [2.05, 4.69) is 10.3 Å². The molecule has 0 heterocycles. The largest absolute Gasteiger partial charge is 0.479 e. The second kappa shape index (κ2) is 5.43. The minimum atomic E-state index is -1.18. The Hall–Kier alpha value is -2.66. The van der Waals surface area contributed by atoms with E-state index < -0.39 is 17.5 Å². The molecule has 0 aliphatic carbocycles. The third kappa shape index (κ3) is 3.44. The predicted molar refractivity (Wildman–Crippen MR) is 55.0 cm³/mol. The van der Waals surface area contributed by atoms with Crippen LogP contribution in [0.2, 0.25) is 0 Å². The maximum atomic E-state index is 10.5. The Morgan fingerprint density at radius 3 is 2.88 bits per heavy atom. The average molecular weight is 237 g/mol. The van der Waals surface area contributed by atoms with Gasteiger partial charge in [0.25, 0.3) is 5.69 Å². The summed E-state index contributed by atoms with van der Waals surface area (Å²) in [4.78, 5) is 24.5. The summed E-state index contributed by atoms with van der Waals surface area (Å²) in [6, 6.07) is 5.23. The van der Waals surface area contributed by atoms with Gasteiger partial charge in [0, 0.05) is 12.1 Å². The lowest BCUT2D eigenvalue weighted by Crippen LogP contribution is -2.12. The van der Waals surface area contributed by atoms with Gasteiger partial charge < -0.3 is 5.11 Å². The summed E-state index contributed by atoms with van der Waals surface area (Å²) in [5.74, 6) is -1.18. The van der Waals surface area contributed by atoms with Crippen LogP contribution in [0.3, 0.4) is 0 Å². The summed E-state index contributed by atoms with van der Waals surface area (Å²) in [5, 5.41) is 27.5. The molecule has 0 aromatic heterocycles. The van der Waals surface area contributed by atoms with Crippen molar-refractivity contribution in [1.29, 1.82) is 5.26 Å². The van der Waals surface area contributed by atoms with Gasteiger partial charge in [-0.05, 0) is 6.07 Å². The molecule has 0 saturated carbocycles. The monoisotopic (exact) mass is 237 g/mol. The summed E-state index contributed by atoms with van der Waals surface area (Å²) < 4.78 is 0. The Morgan fingerprint density at radius 1 is 1.65 bits per heavy atom. The van der Waals surface area contributed by atoms with Crippen molar-refractivity contribution in [2.24, 2.45) is 0 Å². The maximum Gasteiger partial charge on any atom is 0.332 e. The minimum absolute atomic E-state index is 0.00964. The van der Waals surface area contributed by atoms with E-state index in [0.29, 0.717) is 0 Å². The van der Waals surface area contributed by atoms with Crippen molar-refractivity contribution in [3.63, 3.8) is 0 Å². The summed E-state index contributed by atoms with van der Waals surface area (Å²) in [5.41, 5.74) is 2.16. The first-order valence-corrected chi connectivity index (χ1v) is 4.32. The number of carboxylic acid groups (broad SMARTS) is 1. The highest BCUT2D eigenvalue weighted by molar-refractivity contribution is 5.68. The molecule has 2 N–H and O–H groups in total. The van der Waals surface area contributed by atoms with Crippen LogP contribution in [-0.4, -0.2) is 22.6 Å². The van der Waals surface area contributed by atoms with Crippen molar-refractivity contribution in [3.05, 3.63) is 33.9 Å². The number of anilines is 1. The molecule has 88 valence electrons. The first-order valence-electron chi connectivity index (χ1n) is 4.32. The number of aliphatic carboxylic acids is 1. The number of non-ortho nitro benzene ring substituents is 1. The van der Waals surface area contributed by atoms with Crippen LogP contribution in [0.15, 0.2) is 18.2 Å². The molecule has 1 aromatic carbocycles. The van der Waals surface area contributed by atoms with Crippen molar-refractivity contribution in [2.45, 2.75) is 0 Å². The number of nitrogens with one attached hydrogen (secondary N) is 1. The van der Waals surface area contributed by atoms with Crippen molar-refractivity contribution < 1.29 is 19.7 Å². The Bertz CT molecular complexity index is 494. The van der Waals surface area contributed by atoms with E-state index in [1.807, 2.05) is 0 Å². The average Bonchev–Trinajstić information content (AvgIpc) is 2.28. The minimum Gasteiger partial charge on any atom is -0.479 e. The van der Waals surface area contributed by atoms with E-state index in [4.69, 9.17) is 10.4 Å². The van der Waals surface area contributed by atoms with Gasteiger partial charge in [0.1, 0.15) is 6.07 Å². The zero-order valence-corrected chi connectivity index (χ0v) is 8.41. The molecule has 8 heteroatoms. The van der Waals surface area contributed by atoms with E-state index in [9.17, 15) is 14.9 Å². The molecule has 17 heavy (non-hydrogen) atoms. The zero-order chi connectivity index (χ0) is 12.8. The standard InChI is InChI=1S/C9H7N3O5/c10-4-6-3-7(12(15)16)1-2-8(6)11-17-5-9(13)14/h1-3,11H,5H2,(H,13,14). The van der Waals surface area contributed by atoms with Crippen LogP contribution < -0.4 is 5.48 Å². The normalized spacial score (nSPS) is 9.35. The molecule has 0 bridgehead atoms. The molecule has 1 aromatic rings. The van der Waals surface area contributed by atoms with Crippen LogP contribution in [-0.2, 0) is 9.63 Å². The van der Waals surface area contributed by atoms with Crippen LogP contribution in [0.1, 0.15) is 5.56 Å². The molecule has 1 rings (SSSR count). The van der Waals surface area contributed by atoms with Gasteiger partial charge in [-0.25, -0.2) is 4.79 Å². The fourth-order valence-corrected chi connectivity index (χ4v) is 1.00. The fraction of sp³-hybridized carbons (Fsp3) is 0.111. The number of benzene rings is 1.